The molecule has 140 valence electrons. The van der Waals surface area contributed by atoms with E-state index in [1.165, 1.54) is 6.07 Å². The topological polar surface area (TPSA) is 69.6 Å². The molecular formula is C14H14Cl2F4N2O3. The first-order valence-corrected chi connectivity index (χ1v) is 7.22. The molecule has 1 heterocycles. The first-order valence-electron chi connectivity index (χ1n) is 6.84. The molecule has 1 fully saturated rings. The second-order valence-electron chi connectivity index (χ2n) is 5.46. The number of carbonyl (C=O) groups is 2. The molecule has 0 aromatic heterocycles. The largest absolute Gasteiger partial charge is 0.481 e. The first-order chi connectivity index (χ1) is 11.1. The van der Waals surface area contributed by atoms with Gasteiger partial charge in [0.1, 0.15) is 5.82 Å². The number of carboxylic acids is 1. The number of aliphatic carboxylic acids is 1. The minimum absolute atomic E-state index is 0. The SMILES string of the molecule is Cl.O=C(CN1C[C@@H](C(F)(F)F)[C@H](C(=O)O)C1)Nc1ccc(F)cc1Cl. The van der Waals surface area contributed by atoms with Gasteiger partial charge in [-0.1, -0.05) is 11.6 Å². The van der Waals surface area contributed by atoms with Crippen molar-refractivity contribution in [2.24, 2.45) is 11.8 Å². The van der Waals surface area contributed by atoms with Gasteiger partial charge < -0.3 is 10.4 Å². The van der Waals surface area contributed by atoms with Crippen LogP contribution in [0.5, 0.6) is 0 Å². The van der Waals surface area contributed by atoms with E-state index in [0.29, 0.717) is 0 Å². The van der Waals surface area contributed by atoms with Gasteiger partial charge in [-0.2, -0.15) is 13.2 Å². The highest BCUT2D eigenvalue weighted by Gasteiger charge is 2.52. The summed E-state index contributed by atoms with van der Waals surface area (Å²) < 4.78 is 51.5. The summed E-state index contributed by atoms with van der Waals surface area (Å²) in [5, 5.41) is 11.2. The van der Waals surface area contributed by atoms with Gasteiger partial charge in [-0.3, -0.25) is 14.5 Å². The fraction of sp³-hybridized carbons (Fsp3) is 0.429. The lowest BCUT2D eigenvalue weighted by Crippen LogP contribution is -2.34. The van der Waals surface area contributed by atoms with Gasteiger partial charge in [0.25, 0.3) is 0 Å². The van der Waals surface area contributed by atoms with Crippen LogP contribution in [-0.2, 0) is 9.59 Å². The lowest BCUT2D eigenvalue weighted by Gasteiger charge is -2.18. The monoisotopic (exact) mass is 404 g/mol. The van der Waals surface area contributed by atoms with E-state index in [0.717, 1.165) is 17.0 Å². The lowest BCUT2D eigenvalue weighted by molar-refractivity contribution is -0.188. The van der Waals surface area contributed by atoms with Crippen molar-refractivity contribution in [1.82, 2.24) is 4.90 Å². The highest BCUT2D eigenvalue weighted by Crippen LogP contribution is 2.37. The maximum Gasteiger partial charge on any atom is 0.393 e. The van der Waals surface area contributed by atoms with Gasteiger partial charge in [0, 0.05) is 13.1 Å². The number of nitrogens with zero attached hydrogens (tertiary/aromatic N) is 1. The van der Waals surface area contributed by atoms with Crippen molar-refractivity contribution in [2.75, 3.05) is 25.0 Å². The number of alkyl halides is 3. The van der Waals surface area contributed by atoms with E-state index in [2.05, 4.69) is 5.32 Å². The van der Waals surface area contributed by atoms with Gasteiger partial charge in [0.15, 0.2) is 0 Å². The molecule has 1 aliphatic rings. The Morgan fingerprint density at radius 2 is 1.96 bits per heavy atom. The molecule has 2 N–H and O–H groups in total. The lowest BCUT2D eigenvalue weighted by atomic mass is 9.96. The predicted molar refractivity (Wildman–Crippen MR) is 84.4 cm³/mol. The van der Waals surface area contributed by atoms with Gasteiger partial charge in [0.2, 0.25) is 5.91 Å². The van der Waals surface area contributed by atoms with Crippen LogP contribution >= 0.6 is 24.0 Å². The highest BCUT2D eigenvalue weighted by atomic mass is 35.5. The van der Waals surface area contributed by atoms with E-state index in [-0.39, 0.29) is 29.7 Å². The summed E-state index contributed by atoms with van der Waals surface area (Å²) in [5.41, 5.74) is 0.115. The molecule has 0 radical (unpaired) electrons. The number of likely N-dealkylation sites (tertiary alicyclic amines) is 1. The van der Waals surface area contributed by atoms with Crippen molar-refractivity contribution in [3.63, 3.8) is 0 Å². The number of hydrogen-bond donors (Lipinski definition) is 2. The van der Waals surface area contributed by atoms with Gasteiger partial charge in [0.05, 0.1) is 29.1 Å². The maximum atomic E-state index is 12.9. The second-order valence-corrected chi connectivity index (χ2v) is 5.87. The van der Waals surface area contributed by atoms with Crippen LogP contribution in [-0.4, -0.2) is 47.7 Å². The molecule has 0 unspecified atom stereocenters. The molecule has 0 aliphatic carbocycles. The fourth-order valence-corrected chi connectivity index (χ4v) is 2.79. The Morgan fingerprint density at radius 3 is 2.44 bits per heavy atom. The average molecular weight is 405 g/mol. The molecule has 0 saturated carbocycles. The van der Waals surface area contributed by atoms with Crippen molar-refractivity contribution >= 4 is 41.6 Å². The van der Waals surface area contributed by atoms with Crippen molar-refractivity contribution in [2.45, 2.75) is 6.18 Å². The molecule has 1 aliphatic heterocycles. The van der Waals surface area contributed by atoms with Gasteiger partial charge >= 0.3 is 12.1 Å². The van der Waals surface area contributed by atoms with E-state index in [4.69, 9.17) is 16.7 Å². The number of amides is 1. The van der Waals surface area contributed by atoms with E-state index in [1.807, 2.05) is 0 Å². The third kappa shape index (κ3) is 5.45. The molecule has 1 aromatic rings. The highest BCUT2D eigenvalue weighted by molar-refractivity contribution is 6.33. The van der Waals surface area contributed by atoms with Crippen molar-refractivity contribution in [3.8, 4) is 0 Å². The Balaban J connectivity index is 0.00000312. The first kappa shape index (κ1) is 21.5. The number of hydrogen-bond acceptors (Lipinski definition) is 3. The van der Waals surface area contributed by atoms with Crippen LogP contribution in [0.1, 0.15) is 0 Å². The number of benzene rings is 1. The summed E-state index contributed by atoms with van der Waals surface area (Å²) >= 11 is 5.74. The average Bonchev–Trinajstić information content (AvgIpc) is 2.86. The maximum absolute atomic E-state index is 12.9. The quantitative estimate of drug-likeness (QED) is 0.756. The zero-order chi connectivity index (χ0) is 18.1. The van der Waals surface area contributed by atoms with Crippen molar-refractivity contribution < 1.29 is 32.3 Å². The minimum Gasteiger partial charge on any atom is -0.481 e. The second kappa shape index (κ2) is 8.20. The number of carboxylic acid groups (broad SMARTS) is 1. The summed E-state index contributed by atoms with van der Waals surface area (Å²) in [6, 6.07) is 3.27. The van der Waals surface area contributed by atoms with E-state index >= 15 is 0 Å². The van der Waals surface area contributed by atoms with Gasteiger partial charge in [-0.25, -0.2) is 4.39 Å². The molecule has 0 bridgehead atoms. The molecule has 5 nitrogen and oxygen atoms in total. The predicted octanol–water partition coefficient (Wildman–Crippen LogP) is 3.03. The van der Waals surface area contributed by atoms with Crippen molar-refractivity contribution in [1.29, 1.82) is 0 Å². The molecule has 25 heavy (non-hydrogen) atoms. The van der Waals surface area contributed by atoms with E-state index in [9.17, 15) is 27.2 Å². The molecule has 0 spiro atoms. The van der Waals surface area contributed by atoms with Crippen LogP contribution in [0.2, 0.25) is 5.02 Å². The van der Waals surface area contributed by atoms with E-state index in [1.54, 1.807) is 0 Å². The smallest absolute Gasteiger partial charge is 0.393 e. The third-order valence-electron chi connectivity index (χ3n) is 3.71. The van der Waals surface area contributed by atoms with Crippen LogP contribution < -0.4 is 5.32 Å². The summed E-state index contributed by atoms with van der Waals surface area (Å²) in [5.74, 6) is -6.48. The Kier molecular flexibility index (Phi) is 7.04. The number of nitrogens with one attached hydrogen (secondary N) is 1. The number of carbonyl (C=O) groups excluding carboxylic acids is 1. The van der Waals surface area contributed by atoms with Gasteiger partial charge in [-0.05, 0) is 18.2 Å². The van der Waals surface area contributed by atoms with Crippen molar-refractivity contribution in [3.05, 3.63) is 29.0 Å². The Morgan fingerprint density at radius 1 is 1.32 bits per heavy atom. The number of halogens is 6. The molecule has 2 atom stereocenters. The van der Waals surface area contributed by atoms with Crippen LogP contribution in [0.3, 0.4) is 0 Å². The summed E-state index contributed by atoms with van der Waals surface area (Å²) in [7, 11) is 0. The normalized spacial score (nSPS) is 20.8. The molecule has 1 aromatic carbocycles. The van der Waals surface area contributed by atoms with Crippen LogP contribution in [0.15, 0.2) is 18.2 Å². The number of anilines is 1. The van der Waals surface area contributed by atoms with Crippen LogP contribution in [0.25, 0.3) is 0 Å². The molecule has 11 heteroatoms. The van der Waals surface area contributed by atoms with Crippen LogP contribution in [0.4, 0.5) is 23.2 Å². The fourth-order valence-electron chi connectivity index (χ4n) is 2.58. The van der Waals surface area contributed by atoms with Crippen LogP contribution in [0, 0.1) is 17.7 Å². The Labute approximate surface area is 151 Å². The molecule has 2 rings (SSSR count). The minimum atomic E-state index is -4.66. The molecule has 1 saturated heterocycles. The Hall–Kier alpha value is -1.58. The zero-order valence-corrected chi connectivity index (χ0v) is 14.1. The molecule has 1 amide bonds. The van der Waals surface area contributed by atoms with Gasteiger partial charge in [-0.15, -0.1) is 12.4 Å². The summed E-state index contributed by atoms with van der Waals surface area (Å²) in [4.78, 5) is 24.0. The number of rotatable bonds is 4. The Bertz CT molecular complexity index is 657. The summed E-state index contributed by atoms with van der Waals surface area (Å²) in [6.45, 7) is -1.39. The summed E-state index contributed by atoms with van der Waals surface area (Å²) in [6.07, 6.45) is -4.66. The van der Waals surface area contributed by atoms with E-state index < -0.39 is 48.8 Å². The zero-order valence-electron chi connectivity index (χ0n) is 12.5. The standard InChI is InChI=1S/C14H13ClF4N2O3.ClH/c15-10-3-7(16)1-2-11(10)20-12(22)6-21-4-8(13(23)24)9(5-21)14(17,18)19;/h1-3,8-9H,4-6H2,(H,20,22)(H,23,24);1H/t8-,9-;/m1./s1. The molecular weight excluding hydrogens is 391 g/mol. The third-order valence-corrected chi connectivity index (χ3v) is 4.02.